The number of fused-ring (bicyclic) bond motifs is 1. The Balaban J connectivity index is 1.80. The van der Waals surface area contributed by atoms with Gasteiger partial charge in [0.15, 0.2) is 11.5 Å². The molecule has 0 radical (unpaired) electrons. The monoisotopic (exact) mass is 425 g/mol. The lowest BCUT2D eigenvalue weighted by atomic mass is 9.97. The molecule has 0 amide bonds. The molecule has 0 bridgehead atoms. The standard InChI is InChI=1S/C25H19N3O4/c1-16-11-12-19(28(31)32)15-22(16)26-27-24-20-10-6-5-9-18(20)14-21(25(24)30)23(29)13-17-7-3-2-4-8-17/h2-12,14-15,30H,13H2,1H3. The molecule has 0 aliphatic rings. The molecule has 7 heteroatoms. The van der Waals surface area contributed by atoms with E-state index in [1.54, 1.807) is 31.2 Å². The van der Waals surface area contributed by atoms with Crippen LogP contribution in [-0.4, -0.2) is 15.8 Å². The predicted molar refractivity (Wildman–Crippen MR) is 122 cm³/mol. The molecule has 0 saturated heterocycles. The number of rotatable bonds is 6. The number of benzene rings is 4. The number of non-ortho nitro benzene ring substituents is 1. The molecule has 0 saturated carbocycles. The summed E-state index contributed by atoms with van der Waals surface area (Å²) in [5, 5.41) is 31.8. The Morgan fingerprint density at radius 1 is 0.969 bits per heavy atom. The number of carbonyl (C=O) groups excluding carboxylic acids is 1. The molecule has 0 heterocycles. The molecule has 32 heavy (non-hydrogen) atoms. The van der Waals surface area contributed by atoms with E-state index in [4.69, 9.17) is 0 Å². The molecule has 0 atom stereocenters. The van der Waals surface area contributed by atoms with E-state index in [0.717, 1.165) is 10.9 Å². The summed E-state index contributed by atoms with van der Waals surface area (Å²) in [5.41, 5.74) is 2.02. The summed E-state index contributed by atoms with van der Waals surface area (Å²) in [6.07, 6.45) is 0.132. The van der Waals surface area contributed by atoms with Crippen LogP contribution in [0.5, 0.6) is 5.75 Å². The Kier molecular flexibility index (Phi) is 5.72. The summed E-state index contributed by atoms with van der Waals surface area (Å²) in [5.74, 6) is -0.515. The average molecular weight is 425 g/mol. The zero-order chi connectivity index (χ0) is 22.7. The van der Waals surface area contributed by atoms with Crippen LogP contribution in [0.4, 0.5) is 17.1 Å². The number of nitro groups is 1. The van der Waals surface area contributed by atoms with Gasteiger partial charge >= 0.3 is 0 Å². The highest BCUT2D eigenvalue weighted by Crippen LogP contribution is 2.40. The van der Waals surface area contributed by atoms with Crippen molar-refractivity contribution in [3.63, 3.8) is 0 Å². The van der Waals surface area contributed by atoms with E-state index >= 15 is 0 Å². The maximum Gasteiger partial charge on any atom is 0.271 e. The number of aromatic hydroxyl groups is 1. The van der Waals surface area contributed by atoms with Gasteiger partial charge in [-0.3, -0.25) is 14.9 Å². The van der Waals surface area contributed by atoms with Crippen molar-refractivity contribution < 1.29 is 14.8 Å². The summed E-state index contributed by atoms with van der Waals surface area (Å²) in [7, 11) is 0. The van der Waals surface area contributed by atoms with Crippen LogP contribution in [0.1, 0.15) is 21.5 Å². The second-order valence-corrected chi connectivity index (χ2v) is 7.36. The number of hydrogen-bond acceptors (Lipinski definition) is 6. The van der Waals surface area contributed by atoms with E-state index in [1.165, 1.54) is 12.1 Å². The van der Waals surface area contributed by atoms with Gasteiger partial charge in [0, 0.05) is 23.9 Å². The number of carbonyl (C=O) groups is 1. The molecule has 0 fully saturated rings. The first-order chi connectivity index (χ1) is 15.4. The molecule has 0 aliphatic carbocycles. The van der Waals surface area contributed by atoms with Crippen LogP contribution >= 0.6 is 0 Å². The van der Waals surface area contributed by atoms with Crippen LogP contribution in [0.15, 0.2) is 89.1 Å². The molecule has 4 aromatic rings. The minimum absolute atomic E-state index is 0.106. The van der Waals surface area contributed by atoms with Crippen molar-refractivity contribution in [2.75, 3.05) is 0 Å². The first-order valence-electron chi connectivity index (χ1n) is 9.92. The maximum absolute atomic E-state index is 13.0. The van der Waals surface area contributed by atoms with E-state index in [9.17, 15) is 20.0 Å². The Hall–Kier alpha value is -4.39. The Morgan fingerprint density at radius 3 is 2.44 bits per heavy atom. The van der Waals surface area contributed by atoms with Crippen molar-refractivity contribution in [3.05, 3.63) is 106 Å². The molecule has 7 nitrogen and oxygen atoms in total. The third-order valence-electron chi connectivity index (χ3n) is 5.16. The summed E-state index contributed by atoms with van der Waals surface area (Å²) in [6, 6.07) is 22.4. The van der Waals surface area contributed by atoms with Gasteiger partial charge < -0.3 is 5.11 Å². The average Bonchev–Trinajstić information content (AvgIpc) is 2.79. The minimum Gasteiger partial charge on any atom is -0.505 e. The van der Waals surface area contributed by atoms with Crippen LogP contribution in [0.3, 0.4) is 0 Å². The van der Waals surface area contributed by atoms with Gasteiger partial charge in [-0.05, 0) is 29.5 Å². The number of Topliss-reactive ketones (excluding diaryl/α,β-unsaturated/α-hetero) is 1. The molecular formula is C25H19N3O4. The second kappa shape index (κ2) is 8.77. The number of azo groups is 1. The summed E-state index contributed by atoms with van der Waals surface area (Å²) in [4.78, 5) is 23.6. The van der Waals surface area contributed by atoms with Crippen molar-refractivity contribution >= 4 is 33.6 Å². The van der Waals surface area contributed by atoms with Crippen molar-refractivity contribution in [1.82, 2.24) is 0 Å². The fourth-order valence-corrected chi connectivity index (χ4v) is 3.43. The molecule has 158 valence electrons. The molecule has 0 unspecified atom stereocenters. The predicted octanol–water partition coefficient (Wildman–Crippen LogP) is 6.60. The Bertz CT molecular complexity index is 1360. The van der Waals surface area contributed by atoms with E-state index in [2.05, 4.69) is 10.2 Å². The highest BCUT2D eigenvalue weighted by Gasteiger charge is 2.19. The summed E-state index contributed by atoms with van der Waals surface area (Å²) >= 11 is 0. The number of phenolic OH excluding ortho intramolecular Hbond substituents is 1. The zero-order valence-corrected chi connectivity index (χ0v) is 17.2. The molecule has 1 N–H and O–H groups in total. The number of nitro benzene ring substituents is 1. The second-order valence-electron chi connectivity index (χ2n) is 7.36. The Labute approximate surface area is 183 Å². The number of aryl methyl sites for hydroxylation is 1. The van der Waals surface area contributed by atoms with Crippen molar-refractivity contribution in [3.8, 4) is 5.75 Å². The molecule has 0 aliphatic heterocycles. The van der Waals surface area contributed by atoms with Gasteiger partial charge in [0.1, 0.15) is 5.69 Å². The smallest absolute Gasteiger partial charge is 0.271 e. The molecule has 0 spiro atoms. The number of nitrogens with zero attached hydrogens (tertiary/aromatic N) is 3. The van der Waals surface area contributed by atoms with Crippen LogP contribution in [0.25, 0.3) is 10.8 Å². The normalized spacial score (nSPS) is 11.2. The van der Waals surface area contributed by atoms with E-state index in [-0.39, 0.29) is 34.9 Å². The molecule has 4 rings (SSSR count). The van der Waals surface area contributed by atoms with Crippen molar-refractivity contribution in [2.45, 2.75) is 13.3 Å². The van der Waals surface area contributed by atoms with Gasteiger partial charge in [0.05, 0.1) is 16.2 Å². The lowest BCUT2D eigenvalue weighted by Crippen LogP contribution is -2.04. The first-order valence-corrected chi connectivity index (χ1v) is 9.92. The lowest BCUT2D eigenvalue weighted by Gasteiger charge is -2.10. The van der Waals surface area contributed by atoms with E-state index in [1.807, 2.05) is 42.5 Å². The van der Waals surface area contributed by atoms with Crippen LogP contribution < -0.4 is 0 Å². The van der Waals surface area contributed by atoms with Gasteiger partial charge in [0.2, 0.25) is 0 Å². The maximum atomic E-state index is 13.0. The van der Waals surface area contributed by atoms with Crippen molar-refractivity contribution in [2.24, 2.45) is 10.2 Å². The van der Waals surface area contributed by atoms with Gasteiger partial charge in [-0.2, -0.15) is 0 Å². The van der Waals surface area contributed by atoms with E-state index in [0.29, 0.717) is 16.6 Å². The minimum atomic E-state index is -0.506. The van der Waals surface area contributed by atoms with Crippen LogP contribution in [0.2, 0.25) is 0 Å². The highest BCUT2D eigenvalue weighted by molar-refractivity contribution is 6.08. The highest BCUT2D eigenvalue weighted by atomic mass is 16.6. The van der Waals surface area contributed by atoms with Gasteiger partial charge in [-0.15, -0.1) is 10.2 Å². The van der Waals surface area contributed by atoms with E-state index < -0.39 is 4.92 Å². The third kappa shape index (κ3) is 4.22. The fourth-order valence-electron chi connectivity index (χ4n) is 3.43. The molecule has 4 aromatic carbocycles. The fraction of sp³-hybridized carbons (Fsp3) is 0.0800. The summed E-state index contributed by atoms with van der Waals surface area (Å²) < 4.78 is 0. The van der Waals surface area contributed by atoms with Gasteiger partial charge in [0.25, 0.3) is 5.69 Å². The SMILES string of the molecule is Cc1ccc([N+](=O)[O-])cc1N=Nc1c(O)c(C(=O)Cc2ccccc2)cc2ccccc12. The van der Waals surface area contributed by atoms with Crippen LogP contribution in [0, 0.1) is 17.0 Å². The number of phenols is 1. The third-order valence-corrected chi connectivity index (χ3v) is 5.16. The lowest BCUT2D eigenvalue weighted by molar-refractivity contribution is -0.384. The first kappa shape index (κ1) is 20.9. The van der Waals surface area contributed by atoms with Gasteiger partial charge in [-0.25, -0.2) is 0 Å². The Morgan fingerprint density at radius 2 is 1.69 bits per heavy atom. The molecular weight excluding hydrogens is 406 g/mol. The zero-order valence-electron chi connectivity index (χ0n) is 17.2. The quantitative estimate of drug-likeness (QED) is 0.162. The summed E-state index contributed by atoms with van der Waals surface area (Å²) in [6.45, 7) is 1.76. The topological polar surface area (TPSA) is 105 Å². The van der Waals surface area contributed by atoms with Crippen molar-refractivity contribution in [1.29, 1.82) is 0 Å². The van der Waals surface area contributed by atoms with Crippen LogP contribution in [-0.2, 0) is 6.42 Å². The number of hydrogen-bond donors (Lipinski definition) is 1. The van der Waals surface area contributed by atoms with Gasteiger partial charge in [-0.1, -0.05) is 60.7 Å². The largest absolute Gasteiger partial charge is 0.505 e. The molecule has 0 aromatic heterocycles. The number of ketones is 1.